The summed E-state index contributed by atoms with van der Waals surface area (Å²) in [5.41, 5.74) is 2.71. The lowest BCUT2D eigenvalue weighted by atomic mass is 9.94. The van der Waals surface area contributed by atoms with Gasteiger partial charge in [-0.15, -0.1) is 0 Å². The summed E-state index contributed by atoms with van der Waals surface area (Å²) in [7, 11) is 0. The molecule has 1 amide bonds. The first-order chi connectivity index (χ1) is 15.9. The molecule has 1 fully saturated rings. The lowest BCUT2D eigenvalue weighted by molar-refractivity contribution is -0.140. The summed E-state index contributed by atoms with van der Waals surface area (Å²) < 4.78 is 5.54. The Morgan fingerprint density at radius 3 is 2.73 bits per heavy atom. The quantitative estimate of drug-likeness (QED) is 0.324. The fourth-order valence-corrected chi connectivity index (χ4v) is 4.56. The molecule has 0 saturated carbocycles. The summed E-state index contributed by atoms with van der Waals surface area (Å²) in [6.45, 7) is 0.705. The second kappa shape index (κ2) is 8.54. The predicted molar refractivity (Wildman–Crippen MR) is 124 cm³/mol. The topological polar surface area (TPSA) is 79.7 Å². The fraction of sp³-hybridized carbons (Fsp3) is 0.160. The predicted octanol–water partition coefficient (Wildman–Crippen LogP) is 4.95. The van der Waals surface area contributed by atoms with Gasteiger partial charge in [0.2, 0.25) is 0 Å². The number of hydrogen-bond donors (Lipinski definition) is 1. The Hall–Kier alpha value is -3.35. The van der Waals surface area contributed by atoms with E-state index in [0.29, 0.717) is 29.2 Å². The van der Waals surface area contributed by atoms with E-state index in [-0.39, 0.29) is 22.9 Å². The molecule has 1 aromatic heterocycles. The van der Waals surface area contributed by atoms with Crippen LogP contribution in [-0.4, -0.2) is 33.3 Å². The van der Waals surface area contributed by atoms with Crippen molar-refractivity contribution < 1.29 is 19.4 Å². The molecular formula is C25H18Cl2N2O4. The minimum absolute atomic E-state index is 0.00106. The third kappa shape index (κ3) is 3.86. The summed E-state index contributed by atoms with van der Waals surface area (Å²) in [5, 5.41) is 11.9. The van der Waals surface area contributed by atoms with Crippen LogP contribution in [0.3, 0.4) is 0 Å². The average molecular weight is 481 g/mol. The van der Waals surface area contributed by atoms with Crippen molar-refractivity contribution in [2.24, 2.45) is 0 Å². The van der Waals surface area contributed by atoms with Gasteiger partial charge in [-0.3, -0.25) is 14.6 Å². The van der Waals surface area contributed by atoms with E-state index in [1.54, 1.807) is 54.9 Å². The molecule has 0 radical (unpaired) electrons. The van der Waals surface area contributed by atoms with Gasteiger partial charge in [0.15, 0.2) is 0 Å². The molecule has 33 heavy (non-hydrogen) atoms. The summed E-state index contributed by atoms with van der Waals surface area (Å²) in [4.78, 5) is 31.8. The molecule has 0 bridgehead atoms. The van der Waals surface area contributed by atoms with Crippen LogP contribution in [-0.2, 0) is 22.6 Å². The van der Waals surface area contributed by atoms with Crippen molar-refractivity contribution in [1.82, 2.24) is 9.88 Å². The highest BCUT2D eigenvalue weighted by atomic mass is 35.5. The van der Waals surface area contributed by atoms with Crippen LogP contribution in [0, 0.1) is 0 Å². The second-order valence-corrected chi connectivity index (χ2v) is 8.70. The zero-order valence-corrected chi connectivity index (χ0v) is 18.8. The molecule has 5 rings (SSSR count). The molecule has 6 nitrogen and oxygen atoms in total. The van der Waals surface area contributed by atoms with Crippen molar-refractivity contribution in [1.29, 1.82) is 0 Å². The first kappa shape index (κ1) is 21.5. The van der Waals surface area contributed by atoms with E-state index < -0.39 is 17.7 Å². The Labute approximate surface area is 200 Å². The number of ketones is 1. The lowest BCUT2D eigenvalue weighted by Gasteiger charge is -2.25. The third-order valence-electron chi connectivity index (χ3n) is 5.84. The zero-order valence-electron chi connectivity index (χ0n) is 17.3. The van der Waals surface area contributed by atoms with Gasteiger partial charge in [-0.05, 0) is 53.1 Å². The number of Topliss-reactive ketones (excluding diaryl/α,β-unsaturated/α-hetero) is 1. The number of hydrogen-bond acceptors (Lipinski definition) is 5. The van der Waals surface area contributed by atoms with Gasteiger partial charge >= 0.3 is 0 Å². The number of benzene rings is 2. The van der Waals surface area contributed by atoms with E-state index in [1.165, 1.54) is 4.90 Å². The summed E-state index contributed by atoms with van der Waals surface area (Å²) in [6.07, 6.45) is 3.97. The van der Waals surface area contributed by atoms with Crippen LogP contribution in [0.25, 0.3) is 5.76 Å². The van der Waals surface area contributed by atoms with Crippen LogP contribution in [0.5, 0.6) is 5.75 Å². The van der Waals surface area contributed by atoms with Gasteiger partial charge in [0.25, 0.3) is 11.7 Å². The molecule has 2 aliphatic rings. The molecule has 0 aliphatic carbocycles. The number of amides is 1. The molecule has 0 spiro atoms. The number of aromatic nitrogens is 1. The SMILES string of the molecule is O=C1C(=O)N(Cc2cccnc2)C(c2ccc(Cl)c(Cl)c2)/C1=C(/O)c1ccc2c(c1)CCO2. The largest absolute Gasteiger partial charge is 0.507 e. The Morgan fingerprint density at radius 2 is 1.97 bits per heavy atom. The zero-order chi connectivity index (χ0) is 23.1. The van der Waals surface area contributed by atoms with Crippen molar-refractivity contribution in [2.45, 2.75) is 19.0 Å². The van der Waals surface area contributed by atoms with Crippen LogP contribution >= 0.6 is 23.2 Å². The number of pyridine rings is 1. The van der Waals surface area contributed by atoms with Crippen LogP contribution in [0.4, 0.5) is 0 Å². The number of aliphatic hydroxyl groups is 1. The van der Waals surface area contributed by atoms with Crippen molar-refractivity contribution in [3.8, 4) is 5.75 Å². The Bertz CT molecular complexity index is 1310. The first-order valence-corrected chi connectivity index (χ1v) is 11.1. The number of carbonyl (C=O) groups is 2. The lowest BCUT2D eigenvalue weighted by Crippen LogP contribution is -2.29. The average Bonchev–Trinajstić information content (AvgIpc) is 3.39. The van der Waals surface area contributed by atoms with Gasteiger partial charge in [0, 0.05) is 30.9 Å². The number of carbonyl (C=O) groups excluding carboxylic acids is 2. The first-order valence-electron chi connectivity index (χ1n) is 10.3. The molecule has 8 heteroatoms. The molecule has 2 aromatic carbocycles. The van der Waals surface area contributed by atoms with Gasteiger partial charge in [0.05, 0.1) is 28.3 Å². The number of nitrogens with zero attached hydrogens (tertiary/aromatic N) is 2. The van der Waals surface area contributed by atoms with Crippen LogP contribution in [0.15, 0.2) is 66.5 Å². The third-order valence-corrected chi connectivity index (χ3v) is 6.58. The standard InChI is InChI=1S/C25H18Cl2N2O4/c26-18-5-3-16(11-19(18)27)22-21(23(30)17-4-6-20-15(10-17)7-9-33-20)24(31)25(32)29(22)13-14-2-1-8-28-12-14/h1-6,8,10-12,22,30H,7,9,13H2/b23-21-. The van der Waals surface area contributed by atoms with E-state index in [0.717, 1.165) is 16.9 Å². The molecule has 1 atom stereocenters. The number of likely N-dealkylation sites (tertiary alicyclic amines) is 1. The molecule has 166 valence electrons. The minimum atomic E-state index is -0.843. The summed E-state index contributed by atoms with van der Waals surface area (Å²) in [5.74, 6) is -0.956. The van der Waals surface area contributed by atoms with Crippen LogP contribution in [0.2, 0.25) is 10.0 Å². The number of aliphatic hydroxyl groups excluding tert-OH is 1. The second-order valence-electron chi connectivity index (χ2n) is 7.88. The van der Waals surface area contributed by atoms with Crippen LogP contribution in [0.1, 0.15) is 28.3 Å². The molecular weight excluding hydrogens is 463 g/mol. The van der Waals surface area contributed by atoms with E-state index in [9.17, 15) is 14.7 Å². The highest BCUT2D eigenvalue weighted by Crippen LogP contribution is 2.42. The maximum atomic E-state index is 13.2. The number of halogens is 2. The van der Waals surface area contributed by atoms with Gasteiger partial charge in [-0.1, -0.05) is 35.3 Å². The van der Waals surface area contributed by atoms with E-state index in [2.05, 4.69) is 4.98 Å². The molecule has 1 unspecified atom stereocenters. The molecule has 1 N–H and O–H groups in total. The van der Waals surface area contributed by atoms with E-state index in [4.69, 9.17) is 27.9 Å². The van der Waals surface area contributed by atoms with Crippen molar-refractivity contribution >= 4 is 40.7 Å². The summed E-state index contributed by atoms with van der Waals surface area (Å²) in [6, 6.07) is 12.9. The maximum absolute atomic E-state index is 13.2. The minimum Gasteiger partial charge on any atom is -0.507 e. The maximum Gasteiger partial charge on any atom is 0.295 e. The Balaban J connectivity index is 1.66. The molecule has 2 aliphatic heterocycles. The van der Waals surface area contributed by atoms with Gasteiger partial charge < -0.3 is 14.7 Å². The fourth-order valence-electron chi connectivity index (χ4n) is 4.25. The molecule has 3 aromatic rings. The van der Waals surface area contributed by atoms with Crippen molar-refractivity contribution in [3.63, 3.8) is 0 Å². The molecule has 3 heterocycles. The van der Waals surface area contributed by atoms with Crippen molar-refractivity contribution in [3.05, 3.63) is 98.8 Å². The highest BCUT2D eigenvalue weighted by Gasteiger charge is 2.46. The van der Waals surface area contributed by atoms with Gasteiger partial charge in [-0.25, -0.2) is 0 Å². The number of fused-ring (bicyclic) bond motifs is 1. The number of ether oxygens (including phenoxy) is 1. The van der Waals surface area contributed by atoms with E-state index in [1.807, 2.05) is 6.07 Å². The normalized spacial score (nSPS) is 19.0. The smallest absolute Gasteiger partial charge is 0.295 e. The van der Waals surface area contributed by atoms with Gasteiger partial charge in [0.1, 0.15) is 11.5 Å². The Morgan fingerprint density at radius 1 is 1.12 bits per heavy atom. The highest BCUT2D eigenvalue weighted by molar-refractivity contribution is 6.46. The van der Waals surface area contributed by atoms with E-state index >= 15 is 0 Å². The Kier molecular flexibility index (Phi) is 5.56. The van der Waals surface area contributed by atoms with Gasteiger partial charge in [-0.2, -0.15) is 0 Å². The molecule has 1 saturated heterocycles. The summed E-state index contributed by atoms with van der Waals surface area (Å²) >= 11 is 12.4. The van der Waals surface area contributed by atoms with Crippen LogP contribution < -0.4 is 4.74 Å². The monoisotopic (exact) mass is 480 g/mol. The van der Waals surface area contributed by atoms with Crippen molar-refractivity contribution in [2.75, 3.05) is 6.61 Å². The number of rotatable bonds is 4.